The molecule has 3 rings (SSSR count). The van der Waals surface area contributed by atoms with Crippen LogP contribution in [0.2, 0.25) is 5.02 Å². The number of benzene rings is 1. The zero-order valence-electron chi connectivity index (χ0n) is 12.0. The molecule has 23 heavy (non-hydrogen) atoms. The van der Waals surface area contributed by atoms with E-state index in [4.69, 9.17) is 16.0 Å². The molecule has 0 saturated carbocycles. The molecule has 0 bridgehead atoms. The first-order valence-electron chi connectivity index (χ1n) is 6.56. The number of pyridine rings is 1. The van der Waals surface area contributed by atoms with Crippen LogP contribution in [0.4, 0.5) is 0 Å². The minimum absolute atomic E-state index is 0.0103. The third-order valence-corrected chi connectivity index (χ3v) is 5.22. The van der Waals surface area contributed by atoms with Gasteiger partial charge in [0.15, 0.2) is 5.58 Å². The summed E-state index contributed by atoms with van der Waals surface area (Å²) in [5.41, 5.74) is 1.34. The van der Waals surface area contributed by atoms with Crippen molar-refractivity contribution in [3.63, 3.8) is 0 Å². The van der Waals surface area contributed by atoms with Crippen molar-refractivity contribution >= 4 is 32.7 Å². The van der Waals surface area contributed by atoms with Crippen LogP contribution < -0.4 is 10.5 Å². The molecule has 3 aromatic rings. The van der Waals surface area contributed by atoms with Crippen LogP contribution in [-0.4, -0.2) is 18.0 Å². The van der Waals surface area contributed by atoms with E-state index in [1.165, 1.54) is 23.7 Å². The molecule has 0 aliphatic carbocycles. The predicted octanol–water partition coefficient (Wildman–Crippen LogP) is 1.66. The number of halogens is 1. The zero-order chi connectivity index (χ0) is 16.6. The first-order chi connectivity index (χ1) is 10.9. The second kappa shape index (κ2) is 5.80. The van der Waals surface area contributed by atoms with E-state index in [0.29, 0.717) is 5.52 Å². The molecular weight excluding hydrogens is 342 g/mol. The molecule has 0 aliphatic rings. The normalized spacial score (nSPS) is 11.9. The molecule has 2 aromatic heterocycles. The SMILES string of the molecule is Cn1c(=O)oc2cc(S(=O)(=O)NCc3ccncc3)c(Cl)cc21. The number of fused-ring (bicyclic) bond motifs is 1. The predicted molar refractivity (Wildman–Crippen MR) is 84.7 cm³/mol. The number of aryl methyl sites for hydroxylation is 1. The summed E-state index contributed by atoms with van der Waals surface area (Å²) in [6, 6.07) is 6.03. The lowest BCUT2D eigenvalue weighted by atomic mass is 10.3. The fraction of sp³-hybridized carbons (Fsp3) is 0.143. The van der Waals surface area contributed by atoms with Crippen molar-refractivity contribution in [2.24, 2.45) is 7.05 Å². The van der Waals surface area contributed by atoms with Gasteiger partial charge in [-0.25, -0.2) is 17.9 Å². The number of hydrogen-bond acceptors (Lipinski definition) is 5. The van der Waals surface area contributed by atoms with Crippen molar-refractivity contribution in [1.29, 1.82) is 0 Å². The van der Waals surface area contributed by atoms with Gasteiger partial charge in [0.2, 0.25) is 10.0 Å². The Morgan fingerprint density at radius 2 is 2.00 bits per heavy atom. The van der Waals surface area contributed by atoms with Crippen LogP contribution >= 0.6 is 11.6 Å². The molecule has 1 N–H and O–H groups in total. The molecule has 0 aliphatic heterocycles. The van der Waals surface area contributed by atoms with Crippen molar-refractivity contribution in [2.75, 3.05) is 0 Å². The lowest BCUT2D eigenvalue weighted by molar-refractivity contribution is 0.527. The van der Waals surface area contributed by atoms with Crippen LogP contribution in [0, 0.1) is 0 Å². The molecule has 0 atom stereocenters. The Hall–Kier alpha value is -2.16. The lowest BCUT2D eigenvalue weighted by Gasteiger charge is -2.08. The summed E-state index contributed by atoms with van der Waals surface area (Å²) >= 11 is 6.06. The maximum atomic E-state index is 12.4. The number of sulfonamides is 1. The Morgan fingerprint density at radius 1 is 1.30 bits per heavy atom. The second-order valence-electron chi connectivity index (χ2n) is 4.86. The zero-order valence-corrected chi connectivity index (χ0v) is 13.6. The Balaban J connectivity index is 1.97. The van der Waals surface area contributed by atoms with E-state index in [-0.39, 0.29) is 22.0 Å². The third kappa shape index (κ3) is 3.00. The summed E-state index contributed by atoms with van der Waals surface area (Å²) in [6.45, 7) is 0.0952. The average molecular weight is 354 g/mol. The standard InChI is InChI=1S/C14H12ClN3O4S/c1-18-11-6-10(15)13(7-12(11)22-14(18)19)23(20,21)17-8-9-2-4-16-5-3-9/h2-7,17H,8H2,1H3. The summed E-state index contributed by atoms with van der Waals surface area (Å²) in [6.07, 6.45) is 3.14. The minimum Gasteiger partial charge on any atom is -0.408 e. The van der Waals surface area contributed by atoms with Gasteiger partial charge >= 0.3 is 5.76 Å². The summed E-state index contributed by atoms with van der Waals surface area (Å²) in [5, 5.41) is 0.0103. The molecule has 0 amide bonds. The lowest BCUT2D eigenvalue weighted by Crippen LogP contribution is -2.23. The Labute approximate surface area is 136 Å². The van der Waals surface area contributed by atoms with E-state index < -0.39 is 15.8 Å². The maximum Gasteiger partial charge on any atom is 0.419 e. The topological polar surface area (TPSA) is 94.2 Å². The fourth-order valence-electron chi connectivity index (χ4n) is 2.09. The van der Waals surface area contributed by atoms with Crippen molar-refractivity contribution < 1.29 is 12.8 Å². The minimum atomic E-state index is -3.86. The van der Waals surface area contributed by atoms with Crippen LogP contribution in [0.25, 0.3) is 11.1 Å². The van der Waals surface area contributed by atoms with Crippen molar-refractivity contribution in [3.8, 4) is 0 Å². The molecule has 0 unspecified atom stereocenters. The summed E-state index contributed by atoms with van der Waals surface area (Å²) in [7, 11) is -2.34. The van der Waals surface area contributed by atoms with Gasteiger partial charge in [0, 0.05) is 32.1 Å². The highest BCUT2D eigenvalue weighted by Crippen LogP contribution is 2.27. The molecule has 0 spiro atoms. The average Bonchev–Trinajstić information content (AvgIpc) is 2.80. The number of nitrogens with zero attached hydrogens (tertiary/aromatic N) is 2. The Bertz CT molecular complexity index is 1030. The fourth-order valence-corrected chi connectivity index (χ4v) is 3.64. The molecular formula is C14H12ClN3O4S. The molecule has 0 saturated heterocycles. The number of oxazole rings is 1. The number of hydrogen-bond donors (Lipinski definition) is 1. The van der Waals surface area contributed by atoms with Gasteiger partial charge in [0.05, 0.1) is 10.5 Å². The molecule has 0 fully saturated rings. The number of aromatic nitrogens is 2. The van der Waals surface area contributed by atoms with E-state index >= 15 is 0 Å². The monoisotopic (exact) mass is 353 g/mol. The van der Waals surface area contributed by atoms with Gasteiger partial charge in [0.25, 0.3) is 0 Å². The summed E-state index contributed by atoms with van der Waals surface area (Å²) in [4.78, 5) is 15.2. The van der Waals surface area contributed by atoms with Crippen LogP contribution in [-0.2, 0) is 23.6 Å². The highest BCUT2D eigenvalue weighted by Gasteiger charge is 2.21. The molecule has 0 radical (unpaired) electrons. The van der Waals surface area contributed by atoms with E-state index in [0.717, 1.165) is 5.56 Å². The van der Waals surface area contributed by atoms with Crippen LogP contribution in [0.3, 0.4) is 0 Å². The van der Waals surface area contributed by atoms with Crippen LogP contribution in [0.5, 0.6) is 0 Å². The van der Waals surface area contributed by atoms with E-state index in [1.54, 1.807) is 24.5 Å². The van der Waals surface area contributed by atoms with Crippen molar-refractivity contribution in [1.82, 2.24) is 14.3 Å². The van der Waals surface area contributed by atoms with Crippen LogP contribution in [0.1, 0.15) is 5.56 Å². The Kier molecular flexibility index (Phi) is 3.97. The number of rotatable bonds is 4. The first kappa shape index (κ1) is 15.7. The third-order valence-electron chi connectivity index (χ3n) is 3.35. The van der Waals surface area contributed by atoms with Gasteiger partial charge in [-0.2, -0.15) is 0 Å². The maximum absolute atomic E-state index is 12.4. The molecule has 2 heterocycles. The van der Waals surface area contributed by atoms with E-state index in [2.05, 4.69) is 9.71 Å². The highest BCUT2D eigenvalue weighted by atomic mass is 35.5. The summed E-state index contributed by atoms with van der Waals surface area (Å²) < 4.78 is 33.6. The van der Waals surface area contributed by atoms with Crippen LogP contribution in [0.15, 0.2) is 50.8 Å². The molecule has 9 heteroatoms. The Morgan fingerprint density at radius 3 is 2.70 bits per heavy atom. The number of nitrogens with one attached hydrogen (secondary N) is 1. The highest BCUT2D eigenvalue weighted by molar-refractivity contribution is 7.89. The van der Waals surface area contributed by atoms with Crippen molar-refractivity contribution in [3.05, 3.63) is 57.8 Å². The smallest absolute Gasteiger partial charge is 0.408 e. The van der Waals surface area contributed by atoms with E-state index in [9.17, 15) is 13.2 Å². The largest absolute Gasteiger partial charge is 0.419 e. The van der Waals surface area contributed by atoms with Gasteiger partial charge in [-0.1, -0.05) is 11.6 Å². The first-order valence-corrected chi connectivity index (χ1v) is 8.42. The van der Waals surface area contributed by atoms with Gasteiger partial charge in [-0.15, -0.1) is 0 Å². The van der Waals surface area contributed by atoms with Crippen molar-refractivity contribution in [2.45, 2.75) is 11.4 Å². The second-order valence-corrected chi connectivity index (χ2v) is 7.00. The van der Waals surface area contributed by atoms with Gasteiger partial charge < -0.3 is 4.42 Å². The van der Waals surface area contributed by atoms with Gasteiger partial charge in [-0.3, -0.25) is 9.55 Å². The summed E-state index contributed by atoms with van der Waals surface area (Å²) in [5.74, 6) is -0.588. The molecule has 7 nitrogen and oxygen atoms in total. The molecule has 1 aromatic carbocycles. The quantitative estimate of drug-likeness (QED) is 0.769. The molecule has 120 valence electrons. The van der Waals surface area contributed by atoms with Gasteiger partial charge in [0.1, 0.15) is 4.90 Å². The van der Waals surface area contributed by atoms with E-state index in [1.807, 2.05) is 0 Å². The van der Waals surface area contributed by atoms with Gasteiger partial charge in [-0.05, 0) is 23.8 Å².